The molecule has 820 valence electrons. The summed E-state index contributed by atoms with van der Waals surface area (Å²) in [6.07, 6.45) is -31.3. The second-order valence-corrected chi connectivity index (χ2v) is 45.2. The Morgan fingerprint density at radius 3 is 1.28 bits per heavy atom. The fourth-order valence-electron chi connectivity index (χ4n) is 17.1. The number of phosphoric ester groups is 2. The summed E-state index contributed by atoms with van der Waals surface area (Å²) in [6.45, 7) is -16.3. The summed E-state index contributed by atoms with van der Waals surface area (Å²) in [7, 11) is -5.24. The highest BCUT2D eigenvalue weighted by atomic mass is 32.7. The molecule has 7 aliphatic heterocycles. The number of anilines is 4. The highest BCUT2D eigenvalue weighted by Gasteiger charge is 2.59. The molecule has 12 unspecified atom stereocenters. The Kier molecular flexibility index (Phi) is 37.5. The number of fused-ring (bicyclic) bond motifs is 3. The highest BCUT2D eigenvalue weighted by Crippen LogP contribution is 2.60. The number of aromatic nitrogens is 16. The summed E-state index contributed by atoms with van der Waals surface area (Å²) in [4.78, 5) is 182. The first kappa shape index (κ1) is 114. The monoisotopic (exact) mass is 2250 g/mol. The Morgan fingerprint density at radius 1 is 0.446 bits per heavy atom. The van der Waals surface area contributed by atoms with Crippen LogP contribution in [0.1, 0.15) is 79.5 Å². The first-order valence-corrected chi connectivity index (χ1v) is 56.0. The number of rotatable bonds is 52. The predicted molar refractivity (Wildman–Crippen MR) is 515 cm³/mol. The summed E-state index contributed by atoms with van der Waals surface area (Å²) in [5.74, 6) is -0.516. The molecular weight excluding hydrogens is 2140 g/mol. The molecule has 0 aromatic carbocycles. The van der Waals surface area contributed by atoms with Gasteiger partial charge in [0.05, 0.1) is 130 Å². The van der Waals surface area contributed by atoms with Crippen molar-refractivity contribution in [2.24, 2.45) is 16.5 Å². The number of aromatic amines is 4. The number of aliphatic imine (C=N–C) groups is 1. The van der Waals surface area contributed by atoms with Crippen molar-refractivity contribution in [3.8, 4) is 0 Å². The van der Waals surface area contributed by atoms with Gasteiger partial charge in [-0.05, 0) is 50.8 Å². The summed E-state index contributed by atoms with van der Waals surface area (Å²) >= 11 is 15.7. The maximum absolute atomic E-state index is 15.7. The Bertz CT molecular complexity index is 6760. The van der Waals surface area contributed by atoms with Gasteiger partial charge < -0.3 is 142 Å². The SMILES string of the molecule is CC[C@H]1O[C@@H](n2cnc3c2NC(N)N=C3N)CC1OP(O)(=S)OC[C@H]1O[C@@H](n2cc(C)c(=O)[nH]c2=O)[C@@H](OCCOC)C1OP(=O)(O)OC[C@H]1O[C@@H](n2cnc3c(=O)[nH]c(N)nc32)[C@@H](OCCOC)C1OP(=O)(O)OC[C@H]1O[C@@H](n2cc(C)c(=O)[nH]c2=O)[C@@H](OCCOC)C1OP(=O)(S)OC[C@H]1O[C@@H](n2cnc3c(=O)[nH]c(N)nc32)[C@@H](OCCOC)C1OP(O)(=S)OC[C@H]1O[C@@H](n2cc(C)c(N)nc2=O)[C@@H](OCCOC)C1O. The van der Waals surface area contributed by atoms with Crippen molar-refractivity contribution < 1.29 is 159 Å². The molecule has 0 radical (unpaired) electrons. The molecule has 8 aromatic heterocycles. The molecule has 7 aliphatic rings. The van der Waals surface area contributed by atoms with Gasteiger partial charge in [0, 0.05) is 77.3 Å². The lowest BCUT2D eigenvalue weighted by atomic mass is 10.1. The third-order valence-electron chi connectivity index (χ3n) is 24.0. The van der Waals surface area contributed by atoms with E-state index in [-0.39, 0.29) is 110 Å². The number of aryl methyl sites for hydroxylation is 3. The van der Waals surface area contributed by atoms with E-state index in [1.54, 1.807) is 18.4 Å². The van der Waals surface area contributed by atoms with Crippen LogP contribution >= 0.6 is 48.1 Å². The second kappa shape index (κ2) is 48.7. The largest absolute Gasteiger partial charge is 0.472 e. The van der Waals surface area contributed by atoms with Crippen LogP contribution in [0.3, 0.4) is 0 Å². The number of aliphatic hydroxyl groups is 1. The maximum atomic E-state index is 15.7. The number of amidine groups is 1. The fraction of sp³-hybridized carbons (Fsp3) is 0.658. The standard InChI is InChI=1S/C76H112N23O41P5S3/c1-10-36-37(21-43(130-36)97-30-82-44-58(78)85-71(79)87-59(44)97)136-143(112,146)128-28-41-49(53(121-17-12-116-6)67(133-41)95-23-34(3)62(101)92-75(95)106)138-141(108,109)125-26-39-48(54(122-18-13-117-7)69(134-39)98-31-83-45-60(98)88-72(80)90-64(45)103)137-142(110,111)126-27-40-50(55(123-19-14-118-8)68(132-40)96-24-35(4)63(102)93-76(96)107)139-145(114,148)129-29-42-51(56(124-20-15-119-9)70(135-42)99-32-84-46-61(99)89-73(81)91-65(46)104)140-144(113,147)127-25-38-47(100)52(120-16-11-115-5)66(131-38)94-22-33(2)57(77)86-74(94)105/h22-24,30-32,36-43,47-56,66-71,87,100H,10-21,25-29,79H2,1-9H3,(H2,78,85)(H,108,109)(H,110,111)(H,112,146)(H,113,147)(H,114,148)(H2,77,86,105)(H,92,101,106)(H,93,102,107)(H3,80,88,90,103)(H3,81,89,91,104)/t36-,37?,38-,39-,40-,41-,42-,43-,47?,48?,49?,50?,51?,52+,53+,54+,55+,56+,66-,67-,68-,69-,70-,71?,143?,144?,145?/m1/s1. The zero-order chi connectivity index (χ0) is 107. The Hall–Kier alpha value is -8.12. The van der Waals surface area contributed by atoms with Gasteiger partial charge in [0.1, 0.15) is 115 Å². The molecule has 20 N–H and O–H groups in total. The number of nitrogens with one attached hydrogen (secondary N) is 5. The van der Waals surface area contributed by atoms with Crippen LogP contribution in [0.2, 0.25) is 0 Å². The lowest BCUT2D eigenvalue weighted by Crippen LogP contribution is -2.42. The number of phosphoric acid groups is 2. The van der Waals surface area contributed by atoms with Crippen LogP contribution in [0.15, 0.2) is 76.1 Å². The van der Waals surface area contributed by atoms with Crippen LogP contribution in [-0.4, -0.2) is 352 Å². The van der Waals surface area contributed by atoms with Gasteiger partial charge in [-0.2, -0.15) is 15.0 Å². The van der Waals surface area contributed by atoms with Crippen LogP contribution in [0.5, 0.6) is 0 Å². The molecule has 0 amide bonds. The molecule has 15 heterocycles. The van der Waals surface area contributed by atoms with Crippen molar-refractivity contribution in [2.75, 3.05) is 157 Å². The fourth-order valence-corrected chi connectivity index (χ4v) is 23.4. The van der Waals surface area contributed by atoms with Crippen molar-refractivity contribution in [1.29, 1.82) is 0 Å². The number of nitrogens with zero attached hydrogens (tertiary/aromatic N) is 13. The number of ether oxygens (including phenoxy) is 16. The molecule has 0 bridgehead atoms. The lowest BCUT2D eigenvalue weighted by Gasteiger charge is -2.30. The molecule has 0 saturated carbocycles. The van der Waals surface area contributed by atoms with E-state index in [4.69, 9.17) is 173 Å². The van der Waals surface area contributed by atoms with Gasteiger partial charge >= 0.3 is 52.9 Å². The van der Waals surface area contributed by atoms with Crippen molar-refractivity contribution in [3.05, 3.63) is 133 Å². The lowest BCUT2D eigenvalue weighted by molar-refractivity contribution is -0.0838. The third kappa shape index (κ3) is 26.4. The summed E-state index contributed by atoms with van der Waals surface area (Å²) < 4.78 is 210. The van der Waals surface area contributed by atoms with Gasteiger partial charge in [0.2, 0.25) is 11.9 Å². The van der Waals surface area contributed by atoms with E-state index in [0.29, 0.717) is 17.8 Å². The van der Waals surface area contributed by atoms with Gasteiger partial charge in [0.15, 0.2) is 65.6 Å². The summed E-state index contributed by atoms with van der Waals surface area (Å²) in [5, 5.41) is 14.8. The minimum atomic E-state index is -6.00. The van der Waals surface area contributed by atoms with Crippen LogP contribution in [0, 0.1) is 20.8 Å². The molecule has 8 aromatic rings. The van der Waals surface area contributed by atoms with Crippen LogP contribution in [-0.2, 0) is 158 Å². The van der Waals surface area contributed by atoms with Gasteiger partial charge in [-0.25, -0.2) is 48.0 Å². The number of nitrogens with two attached hydrogens (primary N) is 5. The highest BCUT2D eigenvalue weighted by molar-refractivity contribution is 8.44. The molecule has 64 nitrogen and oxygen atoms in total. The number of methoxy groups -OCH3 is 5. The van der Waals surface area contributed by atoms with Gasteiger partial charge in [-0.3, -0.25) is 104 Å². The molecule has 15 rings (SSSR count). The first-order valence-electron chi connectivity index (χ1n) is 45.1. The second-order valence-electron chi connectivity index (χ2n) is 33.9. The van der Waals surface area contributed by atoms with E-state index in [9.17, 15) is 58.2 Å². The van der Waals surface area contributed by atoms with Crippen LogP contribution < -0.4 is 73.3 Å². The van der Waals surface area contributed by atoms with Crippen LogP contribution in [0.4, 0.5) is 23.5 Å². The minimum absolute atomic E-state index is 0.0236. The molecule has 72 heteroatoms. The molecule has 0 spiro atoms. The zero-order valence-corrected chi connectivity index (χ0v) is 87.0. The number of hydrogen-bond donors (Lipinski definition) is 16. The Balaban J connectivity index is 0.724. The van der Waals surface area contributed by atoms with Crippen molar-refractivity contribution in [3.63, 3.8) is 0 Å². The van der Waals surface area contributed by atoms with E-state index in [0.717, 1.165) is 43.3 Å². The maximum Gasteiger partial charge on any atom is 0.472 e. The number of H-pyrrole nitrogens is 4. The van der Waals surface area contributed by atoms with Gasteiger partial charge in [-0.15, -0.1) is 0 Å². The van der Waals surface area contributed by atoms with E-state index in [1.807, 2.05) is 0 Å². The Labute approximate surface area is 850 Å². The molecule has 148 heavy (non-hydrogen) atoms. The molecule has 6 saturated heterocycles. The number of aliphatic hydroxyl groups excluding tert-OH is 1. The first-order chi connectivity index (χ1) is 70.3. The average molecular weight is 2250 g/mol. The Morgan fingerprint density at radius 2 is 0.831 bits per heavy atom. The van der Waals surface area contributed by atoms with E-state index in [2.05, 4.69) is 72.4 Å². The average Bonchev–Trinajstić information content (AvgIpc) is 1.61. The van der Waals surface area contributed by atoms with Crippen molar-refractivity contribution in [2.45, 2.75) is 188 Å². The molecule has 0 aliphatic carbocycles. The quantitative estimate of drug-likeness (QED) is 0.0102. The topological polar surface area (TPSA) is 836 Å². The zero-order valence-electron chi connectivity index (χ0n) is 80.0. The van der Waals surface area contributed by atoms with Gasteiger partial charge in [0.25, 0.3) is 22.2 Å². The van der Waals surface area contributed by atoms with E-state index < -0.39 is 281 Å². The summed E-state index contributed by atoms with van der Waals surface area (Å²) in [5.41, 5.74) is 23.2. The van der Waals surface area contributed by atoms with Crippen molar-refractivity contribution in [1.82, 2.24) is 77.2 Å². The normalized spacial score (nSPS) is 29.7. The molecule has 29 atom stereocenters. The summed E-state index contributed by atoms with van der Waals surface area (Å²) in [6, 6.07) is 0. The number of thiol groups is 1. The number of nitrogen functional groups attached to an aromatic ring is 3. The third-order valence-corrected chi connectivity index (χ3v) is 30.7. The van der Waals surface area contributed by atoms with Gasteiger partial charge in [-0.1, -0.05) is 19.2 Å². The van der Waals surface area contributed by atoms with E-state index >= 15 is 13.7 Å². The number of imidazole rings is 3. The van der Waals surface area contributed by atoms with Crippen LogP contribution in [0.25, 0.3) is 22.3 Å². The van der Waals surface area contributed by atoms with Crippen molar-refractivity contribution >= 4 is 123 Å². The minimum Gasteiger partial charge on any atom is -0.387 e. The molecular formula is C76H112N23O41P5S3. The molecule has 6 fully saturated rings. The predicted octanol–water partition coefficient (Wildman–Crippen LogP) is -3.06. The smallest absolute Gasteiger partial charge is 0.387 e. The number of hydrogen-bond acceptors (Lipinski definition) is 52. The van der Waals surface area contributed by atoms with E-state index in [1.165, 1.54) is 66.5 Å².